The molecule has 2 heterocycles. The van der Waals surface area contributed by atoms with Gasteiger partial charge in [0.25, 0.3) is 0 Å². The summed E-state index contributed by atoms with van der Waals surface area (Å²) in [5, 5.41) is 0. The Morgan fingerprint density at radius 2 is 1.70 bits per heavy atom. The molecular weight excluding hydrogens is 342 g/mol. The van der Waals surface area contributed by atoms with Gasteiger partial charge in [0, 0.05) is 45.0 Å². The molecule has 0 N–H and O–H groups in total. The van der Waals surface area contributed by atoms with Crippen molar-refractivity contribution in [3.63, 3.8) is 0 Å². The van der Waals surface area contributed by atoms with Gasteiger partial charge in [0.2, 0.25) is 5.91 Å². The molecule has 2 fully saturated rings. The third-order valence-electron chi connectivity index (χ3n) is 6.03. The maximum Gasteiger partial charge on any atom is 0.308 e. The van der Waals surface area contributed by atoms with Gasteiger partial charge in [0.05, 0.1) is 19.6 Å². The van der Waals surface area contributed by atoms with Crippen LogP contribution in [-0.2, 0) is 14.3 Å². The van der Waals surface area contributed by atoms with E-state index in [1.165, 1.54) is 23.9 Å². The first-order valence-electron chi connectivity index (χ1n) is 9.88. The lowest BCUT2D eigenvalue weighted by atomic mass is 9.97. The van der Waals surface area contributed by atoms with Crippen LogP contribution in [0.5, 0.6) is 0 Å². The molecule has 0 unspecified atom stereocenters. The van der Waals surface area contributed by atoms with Crippen molar-refractivity contribution in [2.24, 2.45) is 5.92 Å². The number of rotatable bonds is 4. The van der Waals surface area contributed by atoms with Gasteiger partial charge >= 0.3 is 5.97 Å². The zero-order valence-corrected chi connectivity index (χ0v) is 16.7. The monoisotopic (exact) mass is 373 g/mol. The number of anilines is 1. The highest BCUT2D eigenvalue weighted by molar-refractivity contribution is 5.79. The van der Waals surface area contributed by atoms with Gasteiger partial charge in [-0.3, -0.25) is 14.5 Å². The molecule has 0 radical (unpaired) electrons. The molecule has 2 aliphatic heterocycles. The van der Waals surface area contributed by atoms with E-state index in [0.717, 1.165) is 26.2 Å². The predicted molar refractivity (Wildman–Crippen MR) is 106 cm³/mol. The topological polar surface area (TPSA) is 53.1 Å². The van der Waals surface area contributed by atoms with Crippen LogP contribution in [0.4, 0.5) is 5.69 Å². The van der Waals surface area contributed by atoms with Crippen LogP contribution in [0.1, 0.15) is 24.0 Å². The average Bonchev–Trinajstić information content (AvgIpc) is 2.70. The minimum atomic E-state index is -0.148. The fourth-order valence-corrected chi connectivity index (χ4v) is 4.05. The van der Waals surface area contributed by atoms with Gasteiger partial charge in [-0.15, -0.1) is 0 Å². The number of esters is 1. The highest BCUT2D eigenvalue weighted by Crippen LogP contribution is 2.24. The first-order chi connectivity index (χ1) is 13.0. The van der Waals surface area contributed by atoms with Gasteiger partial charge in [0.15, 0.2) is 0 Å². The molecule has 2 saturated heterocycles. The highest BCUT2D eigenvalue weighted by Gasteiger charge is 2.29. The van der Waals surface area contributed by atoms with Gasteiger partial charge in [0.1, 0.15) is 0 Å². The van der Waals surface area contributed by atoms with Crippen molar-refractivity contribution in [3.8, 4) is 0 Å². The summed E-state index contributed by atoms with van der Waals surface area (Å²) in [6.07, 6.45) is 1.41. The number of aryl methyl sites for hydroxylation is 1. The molecule has 3 rings (SSSR count). The normalized spacial score (nSPS) is 19.2. The van der Waals surface area contributed by atoms with E-state index in [2.05, 4.69) is 41.8 Å². The largest absolute Gasteiger partial charge is 0.469 e. The first kappa shape index (κ1) is 19.7. The molecule has 6 heteroatoms. The molecule has 6 nitrogen and oxygen atoms in total. The predicted octanol–water partition coefficient (Wildman–Crippen LogP) is 1.84. The van der Waals surface area contributed by atoms with Crippen molar-refractivity contribution in [2.45, 2.75) is 26.7 Å². The Morgan fingerprint density at radius 1 is 1.04 bits per heavy atom. The number of carbonyl (C=O) groups excluding carboxylic acids is 2. The number of piperidine rings is 1. The first-order valence-corrected chi connectivity index (χ1v) is 9.88. The summed E-state index contributed by atoms with van der Waals surface area (Å²) in [7, 11) is 1.43. The Bertz CT molecular complexity index is 675. The molecule has 1 amide bonds. The number of piperazine rings is 1. The molecule has 1 aromatic rings. The molecule has 1 aromatic carbocycles. The lowest BCUT2D eigenvalue weighted by Crippen LogP contribution is -2.51. The van der Waals surface area contributed by atoms with Gasteiger partial charge < -0.3 is 14.5 Å². The highest BCUT2D eigenvalue weighted by atomic mass is 16.5. The van der Waals surface area contributed by atoms with Gasteiger partial charge in [-0.1, -0.05) is 12.1 Å². The summed E-state index contributed by atoms with van der Waals surface area (Å²) in [6, 6.07) is 6.46. The number of hydrogen-bond donors (Lipinski definition) is 0. The summed E-state index contributed by atoms with van der Waals surface area (Å²) in [6.45, 7) is 9.81. The van der Waals surface area contributed by atoms with Crippen LogP contribution in [0.3, 0.4) is 0 Å². The van der Waals surface area contributed by atoms with Gasteiger partial charge in [-0.05, 0) is 43.9 Å². The second-order valence-corrected chi connectivity index (χ2v) is 7.66. The zero-order chi connectivity index (χ0) is 19.4. The average molecular weight is 373 g/mol. The van der Waals surface area contributed by atoms with Crippen molar-refractivity contribution < 1.29 is 14.3 Å². The summed E-state index contributed by atoms with van der Waals surface area (Å²) < 4.78 is 4.81. The van der Waals surface area contributed by atoms with Crippen molar-refractivity contribution in [3.05, 3.63) is 29.3 Å². The molecule has 0 atom stereocenters. The van der Waals surface area contributed by atoms with Crippen molar-refractivity contribution in [1.82, 2.24) is 9.80 Å². The number of methoxy groups -OCH3 is 1. The lowest BCUT2D eigenvalue weighted by molar-refractivity contribution is -0.149. The standard InChI is InChI=1S/C21H31N3O3/c1-16-5-4-6-19(17(16)2)23-13-11-22(12-14-23)15-20(25)24-9-7-18(8-10-24)21(26)27-3/h4-6,18H,7-15H2,1-3H3. The number of carbonyl (C=O) groups is 2. The summed E-state index contributed by atoms with van der Waals surface area (Å²) in [5.41, 5.74) is 3.97. The van der Waals surface area contributed by atoms with E-state index in [1.54, 1.807) is 0 Å². The van der Waals surface area contributed by atoms with E-state index < -0.39 is 0 Å². The number of amides is 1. The van der Waals surface area contributed by atoms with E-state index in [-0.39, 0.29) is 17.8 Å². The molecule has 2 aliphatic rings. The third-order valence-corrected chi connectivity index (χ3v) is 6.03. The van der Waals surface area contributed by atoms with E-state index in [1.807, 2.05) is 4.90 Å². The van der Waals surface area contributed by atoms with Crippen molar-refractivity contribution >= 4 is 17.6 Å². The molecular formula is C21H31N3O3. The number of nitrogens with zero attached hydrogens (tertiary/aromatic N) is 3. The Balaban J connectivity index is 1.46. The van der Waals surface area contributed by atoms with Gasteiger partial charge in [-0.2, -0.15) is 0 Å². The number of ether oxygens (including phenoxy) is 1. The van der Waals surface area contributed by atoms with Gasteiger partial charge in [-0.25, -0.2) is 0 Å². The maximum atomic E-state index is 12.6. The van der Waals surface area contributed by atoms with Crippen LogP contribution in [0.15, 0.2) is 18.2 Å². The summed E-state index contributed by atoms with van der Waals surface area (Å²) in [5.74, 6) is -0.0247. The summed E-state index contributed by atoms with van der Waals surface area (Å²) in [4.78, 5) is 30.8. The Morgan fingerprint density at radius 3 is 2.33 bits per heavy atom. The van der Waals surface area contributed by atoms with E-state index in [0.29, 0.717) is 32.5 Å². The Kier molecular flexibility index (Phi) is 6.37. The van der Waals surface area contributed by atoms with Crippen LogP contribution < -0.4 is 4.90 Å². The SMILES string of the molecule is COC(=O)C1CCN(C(=O)CN2CCN(c3cccc(C)c3C)CC2)CC1. The lowest BCUT2D eigenvalue weighted by Gasteiger charge is -2.38. The maximum absolute atomic E-state index is 12.6. The van der Waals surface area contributed by atoms with Crippen LogP contribution in [0, 0.1) is 19.8 Å². The fourth-order valence-electron chi connectivity index (χ4n) is 4.05. The number of benzene rings is 1. The van der Waals surface area contributed by atoms with Crippen LogP contribution in [-0.4, -0.2) is 74.6 Å². The molecule has 0 aromatic heterocycles. The minimum absolute atomic E-state index is 0.0554. The van der Waals surface area contributed by atoms with Crippen LogP contribution >= 0.6 is 0 Å². The Labute approximate surface area is 162 Å². The molecule has 0 bridgehead atoms. The molecule has 0 saturated carbocycles. The second-order valence-electron chi connectivity index (χ2n) is 7.66. The number of hydrogen-bond acceptors (Lipinski definition) is 5. The van der Waals surface area contributed by atoms with Crippen molar-refractivity contribution in [2.75, 3.05) is 57.8 Å². The van der Waals surface area contributed by atoms with E-state index in [9.17, 15) is 9.59 Å². The van der Waals surface area contributed by atoms with Crippen LogP contribution in [0.2, 0.25) is 0 Å². The molecule has 27 heavy (non-hydrogen) atoms. The second kappa shape index (κ2) is 8.74. The molecule has 0 aliphatic carbocycles. The smallest absolute Gasteiger partial charge is 0.308 e. The summed E-state index contributed by atoms with van der Waals surface area (Å²) >= 11 is 0. The van der Waals surface area contributed by atoms with E-state index in [4.69, 9.17) is 4.74 Å². The zero-order valence-electron chi connectivity index (χ0n) is 16.7. The minimum Gasteiger partial charge on any atom is -0.469 e. The fraction of sp³-hybridized carbons (Fsp3) is 0.619. The quantitative estimate of drug-likeness (QED) is 0.754. The van der Waals surface area contributed by atoms with Crippen molar-refractivity contribution in [1.29, 1.82) is 0 Å². The van der Waals surface area contributed by atoms with E-state index >= 15 is 0 Å². The Hall–Kier alpha value is -2.08. The number of likely N-dealkylation sites (tertiary alicyclic amines) is 1. The third kappa shape index (κ3) is 4.61. The molecule has 148 valence electrons. The molecule has 0 spiro atoms. The van der Waals surface area contributed by atoms with Crippen LogP contribution in [0.25, 0.3) is 0 Å².